The monoisotopic (exact) mass is 441 g/mol. The summed E-state index contributed by atoms with van der Waals surface area (Å²) in [6, 6.07) is 18.9. The molecule has 2 amide bonds. The Labute approximate surface area is 186 Å². The summed E-state index contributed by atoms with van der Waals surface area (Å²) in [6.07, 6.45) is -0.593. The van der Waals surface area contributed by atoms with E-state index in [0.717, 1.165) is 11.1 Å². The minimum Gasteiger partial charge on any atom is -0.446 e. The van der Waals surface area contributed by atoms with Gasteiger partial charge in [-0.15, -0.1) is 11.8 Å². The van der Waals surface area contributed by atoms with Gasteiger partial charge in [-0.25, -0.2) is 9.69 Å². The van der Waals surface area contributed by atoms with E-state index >= 15 is 0 Å². The van der Waals surface area contributed by atoms with Gasteiger partial charge in [-0.1, -0.05) is 74.5 Å². The molecule has 0 spiro atoms. The fourth-order valence-corrected chi connectivity index (χ4v) is 4.71. The first-order valence-electron chi connectivity index (χ1n) is 10.4. The van der Waals surface area contributed by atoms with Gasteiger partial charge >= 0.3 is 6.09 Å². The van der Waals surface area contributed by atoms with Gasteiger partial charge in [0.25, 0.3) is 0 Å². The molecule has 2 saturated heterocycles. The van der Waals surface area contributed by atoms with Crippen molar-refractivity contribution in [3.63, 3.8) is 0 Å². The maximum absolute atomic E-state index is 12.9. The number of amides is 2. The Kier molecular flexibility index (Phi) is 6.36. The maximum atomic E-state index is 12.9. The fourth-order valence-electron chi connectivity index (χ4n) is 3.69. The summed E-state index contributed by atoms with van der Waals surface area (Å²) >= 11 is 1.40. The molecule has 0 aromatic heterocycles. The second-order valence-electron chi connectivity index (χ2n) is 8.62. The summed E-state index contributed by atoms with van der Waals surface area (Å²) in [7, 11) is 0. The molecule has 0 bridgehead atoms. The van der Waals surface area contributed by atoms with Crippen LogP contribution in [0, 0.1) is 5.41 Å². The number of hydrogen-bond acceptors (Lipinski definition) is 6. The van der Waals surface area contributed by atoms with E-state index in [9.17, 15) is 9.59 Å². The van der Waals surface area contributed by atoms with Gasteiger partial charge in [0.1, 0.15) is 12.6 Å². The fraction of sp³-hybridized carbons (Fsp3) is 0.417. The van der Waals surface area contributed by atoms with Crippen LogP contribution in [0.3, 0.4) is 0 Å². The third-order valence-corrected chi connectivity index (χ3v) is 6.48. The van der Waals surface area contributed by atoms with Crippen LogP contribution < -0.4 is 0 Å². The molecule has 6 nitrogen and oxygen atoms in total. The molecule has 0 N–H and O–H groups in total. The van der Waals surface area contributed by atoms with Crippen LogP contribution in [0.25, 0.3) is 0 Å². The van der Waals surface area contributed by atoms with Gasteiger partial charge in [0.15, 0.2) is 0 Å². The number of thioether (sulfide) groups is 1. The van der Waals surface area contributed by atoms with Crippen molar-refractivity contribution >= 4 is 23.8 Å². The number of nitrogens with zero attached hydrogens (tertiary/aromatic N) is 1. The summed E-state index contributed by atoms with van der Waals surface area (Å²) in [4.78, 5) is 26.4. The van der Waals surface area contributed by atoms with Gasteiger partial charge < -0.3 is 14.2 Å². The maximum Gasteiger partial charge on any atom is 0.417 e. The predicted molar refractivity (Wildman–Crippen MR) is 119 cm³/mol. The van der Waals surface area contributed by atoms with E-state index in [1.54, 1.807) is 0 Å². The van der Waals surface area contributed by atoms with Gasteiger partial charge in [0, 0.05) is 11.0 Å². The Morgan fingerprint density at radius 1 is 1.03 bits per heavy atom. The molecule has 31 heavy (non-hydrogen) atoms. The lowest BCUT2D eigenvalue weighted by Crippen LogP contribution is -2.47. The molecule has 0 radical (unpaired) electrons. The van der Waals surface area contributed by atoms with Crippen LogP contribution in [0.5, 0.6) is 0 Å². The number of imide groups is 1. The second-order valence-corrected chi connectivity index (χ2v) is 9.61. The molecule has 2 aromatic carbocycles. The number of rotatable bonds is 6. The van der Waals surface area contributed by atoms with Crippen molar-refractivity contribution < 1.29 is 23.8 Å². The van der Waals surface area contributed by atoms with Crippen LogP contribution >= 0.6 is 11.8 Å². The lowest BCUT2D eigenvalue weighted by atomic mass is 9.93. The van der Waals surface area contributed by atoms with Crippen LogP contribution in [0.2, 0.25) is 0 Å². The zero-order chi connectivity index (χ0) is 21.9. The highest BCUT2D eigenvalue weighted by Gasteiger charge is 2.43. The number of benzene rings is 2. The SMILES string of the molecule is CC1(C)COC(CSCC(=O)N2C(=O)OCC2c2ccccc2)(c2ccccc2)OC1. The highest BCUT2D eigenvalue weighted by molar-refractivity contribution is 8.00. The highest BCUT2D eigenvalue weighted by Crippen LogP contribution is 2.39. The molecule has 0 saturated carbocycles. The molecule has 2 aliphatic rings. The van der Waals surface area contributed by atoms with E-state index in [1.165, 1.54) is 16.7 Å². The number of carbonyl (C=O) groups excluding carboxylic acids is 2. The Morgan fingerprint density at radius 2 is 1.65 bits per heavy atom. The lowest BCUT2D eigenvalue weighted by molar-refractivity contribution is -0.295. The number of cyclic esters (lactones) is 1. The van der Waals surface area contributed by atoms with Crippen molar-refractivity contribution in [3.05, 3.63) is 71.8 Å². The molecule has 7 heteroatoms. The minimum absolute atomic E-state index is 0.0685. The lowest BCUT2D eigenvalue weighted by Gasteiger charge is -2.43. The van der Waals surface area contributed by atoms with Crippen molar-refractivity contribution in [1.29, 1.82) is 0 Å². The average Bonchev–Trinajstić information content (AvgIpc) is 3.18. The van der Waals surface area contributed by atoms with Crippen molar-refractivity contribution in [2.45, 2.75) is 25.7 Å². The first-order chi connectivity index (χ1) is 14.9. The third-order valence-electron chi connectivity index (χ3n) is 5.45. The molecule has 1 atom stereocenters. The number of hydrogen-bond donors (Lipinski definition) is 0. The summed E-state index contributed by atoms with van der Waals surface area (Å²) in [5.41, 5.74) is 1.74. The Hall–Kier alpha value is -2.35. The molecule has 2 aliphatic heterocycles. The van der Waals surface area contributed by atoms with Crippen LogP contribution in [-0.4, -0.2) is 48.2 Å². The van der Waals surface area contributed by atoms with Gasteiger partial charge in [0.2, 0.25) is 11.7 Å². The van der Waals surface area contributed by atoms with Crippen molar-refractivity contribution in [3.8, 4) is 0 Å². The molecule has 2 aromatic rings. The van der Waals surface area contributed by atoms with Gasteiger partial charge in [-0.3, -0.25) is 4.79 Å². The van der Waals surface area contributed by atoms with Gasteiger partial charge in [0.05, 0.1) is 24.7 Å². The molecule has 2 heterocycles. The zero-order valence-corrected chi connectivity index (χ0v) is 18.6. The highest BCUT2D eigenvalue weighted by atomic mass is 32.2. The molecular formula is C24H27NO5S. The first kappa shape index (κ1) is 21.9. The second kappa shape index (κ2) is 9.02. The molecule has 4 rings (SSSR count). The molecule has 164 valence electrons. The summed E-state index contributed by atoms with van der Waals surface area (Å²) in [5, 5.41) is 0. The Balaban J connectivity index is 1.44. The smallest absolute Gasteiger partial charge is 0.417 e. The van der Waals surface area contributed by atoms with E-state index in [-0.39, 0.29) is 23.7 Å². The standard InChI is InChI=1S/C24H27NO5S/c1-23(2)15-29-24(30-16-23,19-11-7-4-8-12-19)17-31-14-21(26)25-20(13-28-22(25)27)18-9-5-3-6-10-18/h3-12,20H,13-17H2,1-2H3. The summed E-state index contributed by atoms with van der Waals surface area (Å²) in [6.45, 7) is 5.49. The van der Waals surface area contributed by atoms with E-state index < -0.39 is 17.9 Å². The number of carbonyl (C=O) groups is 2. The third kappa shape index (κ3) is 4.79. The normalized spacial score (nSPS) is 22.2. The van der Waals surface area contributed by atoms with E-state index in [4.69, 9.17) is 14.2 Å². The number of ether oxygens (including phenoxy) is 3. The topological polar surface area (TPSA) is 65.1 Å². The first-order valence-corrected chi connectivity index (χ1v) is 11.5. The van der Waals surface area contributed by atoms with Gasteiger partial charge in [-0.05, 0) is 5.56 Å². The molecule has 0 aliphatic carbocycles. The van der Waals surface area contributed by atoms with Crippen LogP contribution in [-0.2, 0) is 24.8 Å². The van der Waals surface area contributed by atoms with Crippen LogP contribution in [0.4, 0.5) is 4.79 Å². The van der Waals surface area contributed by atoms with E-state index in [2.05, 4.69) is 13.8 Å². The average molecular weight is 442 g/mol. The minimum atomic E-state index is -0.911. The summed E-state index contributed by atoms with van der Waals surface area (Å²) < 4.78 is 17.6. The molecule has 1 unspecified atom stereocenters. The van der Waals surface area contributed by atoms with Crippen LogP contribution in [0.15, 0.2) is 60.7 Å². The van der Waals surface area contributed by atoms with E-state index in [1.807, 2.05) is 60.7 Å². The van der Waals surface area contributed by atoms with Crippen molar-refractivity contribution in [2.75, 3.05) is 31.3 Å². The Morgan fingerprint density at radius 3 is 2.29 bits per heavy atom. The quantitative estimate of drug-likeness (QED) is 0.663. The van der Waals surface area contributed by atoms with Crippen molar-refractivity contribution in [1.82, 2.24) is 4.90 Å². The molecular weight excluding hydrogens is 414 g/mol. The van der Waals surface area contributed by atoms with E-state index in [0.29, 0.717) is 19.0 Å². The zero-order valence-electron chi connectivity index (χ0n) is 17.8. The summed E-state index contributed by atoms with van der Waals surface area (Å²) in [5.74, 6) is -0.617. The van der Waals surface area contributed by atoms with Crippen LogP contribution in [0.1, 0.15) is 31.0 Å². The Bertz CT molecular complexity index is 908. The van der Waals surface area contributed by atoms with Gasteiger partial charge in [-0.2, -0.15) is 0 Å². The predicted octanol–water partition coefficient (Wildman–Crippen LogP) is 4.37. The van der Waals surface area contributed by atoms with Crippen molar-refractivity contribution in [2.24, 2.45) is 5.41 Å². The largest absolute Gasteiger partial charge is 0.446 e. The molecule has 2 fully saturated rings.